The van der Waals surface area contributed by atoms with E-state index in [9.17, 15) is 19.2 Å². The third-order valence-corrected chi connectivity index (χ3v) is 3.60. The largest absolute Gasteiger partial charge is 0.454 e. The number of imide groups is 1. The Balaban J connectivity index is 2.62. The van der Waals surface area contributed by atoms with E-state index in [0.29, 0.717) is 5.56 Å². The van der Waals surface area contributed by atoms with Gasteiger partial charge in [0.2, 0.25) is 0 Å². The van der Waals surface area contributed by atoms with Crippen molar-refractivity contribution < 1.29 is 23.9 Å². The molecule has 4 amide bonds. The van der Waals surface area contributed by atoms with Gasteiger partial charge in [0.15, 0.2) is 6.61 Å². The van der Waals surface area contributed by atoms with Crippen molar-refractivity contribution in [1.29, 1.82) is 0 Å². The molecule has 0 aromatic heterocycles. The minimum atomic E-state index is -0.931. The van der Waals surface area contributed by atoms with Crippen LogP contribution in [0.1, 0.15) is 29.8 Å². The lowest BCUT2D eigenvalue weighted by Crippen LogP contribution is -2.47. The average molecular weight is 375 g/mol. The zero-order chi connectivity index (χ0) is 20.4. The first-order chi connectivity index (χ1) is 12.8. The van der Waals surface area contributed by atoms with Gasteiger partial charge in [-0.25, -0.2) is 9.59 Å². The van der Waals surface area contributed by atoms with Crippen LogP contribution in [0.4, 0.5) is 4.79 Å². The van der Waals surface area contributed by atoms with Crippen molar-refractivity contribution in [2.24, 2.45) is 5.92 Å². The molecule has 1 aromatic carbocycles. The van der Waals surface area contributed by atoms with Crippen LogP contribution in [0, 0.1) is 12.8 Å². The molecule has 1 aromatic rings. The van der Waals surface area contributed by atoms with Gasteiger partial charge in [-0.3, -0.25) is 14.9 Å². The number of hydrogen-bond acceptors (Lipinski definition) is 5. The van der Waals surface area contributed by atoms with Gasteiger partial charge < -0.3 is 15.4 Å². The van der Waals surface area contributed by atoms with Gasteiger partial charge in [0.05, 0.1) is 0 Å². The lowest BCUT2D eigenvalue weighted by molar-refractivity contribution is -0.151. The van der Waals surface area contributed by atoms with E-state index in [1.807, 2.05) is 11.4 Å². The van der Waals surface area contributed by atoms with E-state index in [1.54, 1.807) is 39.0 Å². The summed E-state index contributed by atoms with van der Waals surface area (Å²) in [6, 6.07) is 5.34. The van der Waals surface area contributed by atoms with E-state index in [2.05, 4.69) is 17.2 Å². The van der Waals surface area contributed by atoms with Crippen molar-refractivity contribution in [3.8, 4) is 0 Å². The Morgan fingerprint density at radius 1 is 1.19 bits per heavy atom. The third kappa shape index (κ3) is 7.31. The van der Waals surface area contributed by atoms with Gasteiger partial charge in [0.1, 0.15) is 6.04 Å². The van der Waals surface area contributed by atoms with E-state index in [4.69, 9.17) is 4.74 Å². The quantitative estimate of drug-likeness (QED) is 0.468. The summed E-state index contributed by atoms with van der Waals surface area (Å²) >= 11 is 0. The van der Waals surface area contributed by atoms with Crippen LogP contribution < -0.4 is 16.0 Å². The summed E-state index contributed by atoms with van der Waals surface area (Å²) in [4.78, 5) is 47.7. The fraction of sp³-hybridized carbons (Fsp3) is 0.368. The van der Waals surface area contributed by atoms with Gasteiger partial charge in [-0.2, -0.15) is 0 Å². The summed E-state index contributed by atoms with van der Waals surface area (Å²) in [5, 5.41) is 7.00. The Bertz CT molecular complexity index is 715. The highest BCUT2D eigenvalue weighted by Crippen LogP contribution is 2.10. The molecule has 0 aliphatic carbocycles. The number of esters is 1. The van der Waals surface area contributed by atoms with Crippen molar-refractivity contribution in [3.63, 3.8) is 0 Å². The molecule has 27 heavy (non-hydrogen) atoms. The number of nitrogens with one attached hydrogen (secondary N) is 3. The molecule has 8 heteroatoms. The van der Waals surface area contributed by atoms with Crippen LogP contribution in [-0.2, 0) is 14.3 Å². The maximum atomic E-state index is 12.4. The number of ether oxygens (including phenoxy) is 1. The number of rotatable bonds is 8. The maximum Gasteiger partial charge on any atom is 0.329 e. The van der Waals surface area contributed by atoms with E-state index in [0.717, 1.165) is 5.56 Å². The molecule has 1 atom stereocenters. The summed E-state index contributed by atoms with van der Waals surface area (Å²) in [5.41, 5.74) is 1.23. The van der Waals surface area contributed by atoms with E-state index >= 15 is 0 Å². The summed E-state index contributed by atoms with van der Waals surface area (Å²) in [7, 11) is 0. The maximum absolute atomic E-state index is 12.4. The van der Waals surface area contributed by atoms with Gasteiger partial charge in [-0.05, 0) is 24.5 Å². The fourth-order valence-electron chi connectivity index (χ4n) is 2.14. The number of carbonyl (C=O) groups excluding carboxylic acids is 4. The van der Waals surface area contributed by atoms with E-state index in [-0.39, 0.29) is 12.5 Å². The standard InChI is InChI=1S/C19H25N3O5/c1-5-10-20-19(26)21-15(23)11-27-18(25)16(12(2)3)22-17(24)14-9-7-6-8-13(14)4/h5-9,12,16H,1,10-11H2,2-4H3,(H,22,24)(H2,20,21,23,26). The van der Waals surface area contributed by atoms with Gasteiger partial charge >= 0.3 is 12.0 Å². The highest BCUT2D eigenvalue weighted by Gasteiger charge is 2.27. The molecule has 1 unspecified atom stereocenters. The van der Waals surface area contributed by atoms with Gasteiger partial charge in [-0.1, -0.05) is 38.1 Å². The molecule has 0 saturated carbocycles. The number of carbonyl (C=O) groups is 4. The van der Waals surface area contributed by atoms with Gasteiger partial charge in [0, 0.05) is 12.1 Å². The molecule has 0 fully saturated rings. The summed E-state index contributed by atoms with van der Waals surface area (Å²) in [5.74, 6) is -2.20. The molecule has 0 spiro atoms. The smallest absolute Gasteiger partial charge is 0.329 e. The van der Waals surface area contributed by atoms with E-state index in [1.165, 1.54) is 6.08 Å². The van der Waals surface area contributed by atoms with Crippen molar-refractivity contribution >= 4 is 23.8 Å². The second-order valence-electron chi connectivity index (χ2n) is 6.16. The Labute approximate surface area is 158 Å². The Kier molecular flexibility index (Phi) is 8.71. The minimum Gasteiger partial charge on any atom is -0.454 e. The molecule has 1 rings (SSSR count). The molecule has 146 valence electrons. The van der Waals surface area contributed by atoms with Gasteiger partial charge in [0.25, 0.3) is 11.8 Å². The number of amides is 4. The minimum absolute atomic E-state index is 0.194. The van der Waals surface area contributed by atoms with Gasteiger partial charge in [-0.15, -0.1) is 6.58 Å². The van der Waals surface area contributed by atoms with Crippen LogP contribution in [-0.4, -0.2) is 43.0 Å². The second kappa shape index (κ2) is 10.7. The number of benzene rings is 1. The molecule has 3 N–H and O–H groups in total. The molecule has 8 nitrogen and oxygen atoms in total. The van der Waals surface area contributed by atoms with Crippen LogP contribution in [0.2, 0.25) is 0 Å². The lowest BCUT2D eigenvalue weighted by Gasteiger charge is -2.21. The van der Waals surface area contributed by atoms with Crippen molar-refractivity contribution in [2.75, 3.05) is 13.2 Å². The van der Waals surface area contributed by atoms with Crippen LogP contribution >= 0.6 is 0 Å². The second-order valence-corrected chi connectivity index (χ2v) is 6.16. The SMILES string of the molecule is C=CCNC(=O)NC(=O)COC(=O)C(NC(=O)c1ccccc1C)C(C)C. The van der Waals surface area contributed by atoms with Crippen LogP contribution in [0.25, 0.3) is 0 Å². The zero-order valence-electron chi connectivity index (χ0n) is 15.7. The lowest BCUT2D eigenvalue weighted by atomic mass is 10.0. The van der Waals surface area contributed by atoms with Crippen molar-refractivity contribution in [1.82, 2.24) is 16.0 Å². The summed E-state index contributed by atoms with van der Waals surface area (Å²) in [6.45, 7) is 8.26. The van der Waals surface area contributed by atoms with Crippen LogP contribution in [0.5, 0.6) is 0 Å². The first kappa shape index (κ1) is 21.9. The predicted molar refractivity (Wildman–Crippen MR) is 100.0 cm³/mol. The molecular weight excluding hydrogens is 350 g/mol. The van der Waals surface area contributed by atoms with Crippen molar-refractivity contribution in [2.45, 2.75) is 26.8 Å². The zero-order valence-corrected chi connectivity index (χ0v) is 15.7. The summed E-state index contributed by atoms with van der Waals surface area (Å²) < 4.78 is 4.93. The number of aryl methyl sites for hydroxylation is 1. The third-order valence-electron chi connectivity index (χ3n) is 3.60. The molecule has 0 radical (unpaired) electrons. The first-order valence-electron chi connectivity index (χ1n) is 8.48. The Hall–Kier alpha value is -3.16. The van der Waals surface area contributed by atoms with Crippen LogP contribution in [0.3, 0.4) is 0 Å². The topological polar surface area (TPSA) is 114 Å². The fourth-order valence-corrected chi connectivity index (χ4v) is 2.14. The monoisotopic (exact) mass is 375 g/mol. The first-order valence-corrected chi connectivity index (χ1v) is 8.48. The Morgan fingerprint density at radius 3 is 2.44 bits per heavy atom. The molecule has 0 saturated heterocycles. The molecular formula is C19H25N3O5. The number of hydrogen-bond donors (Lipinski definition) is 3. The molecule has 0 heterocycles. The number of urea groups is 1. The van der Waals surface area contributed by atoms with E-state index < -0.39 is 36.5 Å². The normalized spacial score (nSPS) is 11.3. The average Bonchev–Trinajstić information content (AvgIpc) is 2.62. The molecule has 0 bridgehead atoms. The van der Waals surface area contributed by atoms with Crippen LogP contribution in [0.15, 0.2) is 36.9 Å². The highest BCUT2D eigenvalue weighted by molar-refractivity contribution is 5.98. The molecule has 0 aliphatic rings. The van der Waals surface area contributed by atoms with Crippen molar-refractivity contribution in [3.05, 3.63) is 48.0 Å². The highest BCUT2D eigenvalue weighted by atomic mass is 16.5. The summed E-state index contributed by atoms with van der Waals surface area (Å²) in [6.07, 6.45) is 1.45. The molecule has 0 aliphatic heterocycles. The Morgan fingerprint density at radius 2 is 1.85 bits per heavy atom. The predicted octanol–water partition coefficient (Wildman–Crippen LogP) is 1.30.